The summed E-state index contributed by atoms with van der Waals surface area (Å²) in [6.45, 7) is 5.01. The minimum Gasteiger partial charge on any atom is -0.353 e. The second kappa shape index (κ2) is 7.27. The van der Waals surface area contributed by atoms with Crippen LogP contribution in [0.3, 0.4) is 0 Å². The Morgan fingerprint density at radius 3 is 2.92 bits per heavy atom. The predicted molar refractivity (Wildman–Crippen MR) is 94.6 cm³/mol. The Kier molecular flexibility index (Phi) is 4.90. The Morgan fingerprint density at radius 1 is 1.33 bits per heavy atom. The molecule has 0 aliphatic carbocycles. The van der Waals surface area contributed by atoms with E-state index in [1.165, 1.54) is 0 Å². The van der Waals surface area contributed by atoms with Crippen LogP contribution in [0.5, 0.6) is 0 Å². The Bertz CT molecular complexity index is 766. The number of imidazole rings is 1. The zero-order valence-corrected chi connectivity index (χ0v) is 13.7. The van der Waals surface area contributed by atoms with Crippen molar-refractivity contribution in [2.45, 2.75) is 26.0 Å². The normalized spacial score (nSPS) is 19.6. The first-order valence-electron chi connectivity index (χ1n) is 8.07. The van der Waals surface area contributed by atoms with Crippen LogP contribution in [0.1, 0.15) is 25.3 Å². The van der Waals surface area contributed by atoms with E-state index in [2.05, 4.69) is 31.7 Å². The average molecular weight is 327 g/mol. The number of dihydropyridines is 1. The molecule has 2 heterocycles. The third-order valence-electron chi connectivity index (χ3n) is 3.67. The number of anilines is 1. The summed E-state index contributed by atoms with van der Waals surface area (Å²) in [5.74, 6) is 0.534. The molecule has 0 saturated heterocycles. The van der Waals surface area contributed by atoms with Gasteiger partial charge in [-0.3, -0.25) is 10.3 Å². The van der Waals surface area contributed by atoms with Gasteiger partial charge in [0.15, 0.2) is 6.23 Å². The Hall–Kier alpha value is -2.67. The number of nitrogens with one attached hydrogen (secondary N) is 3. The maximum absolute atomic E-state index is 11.6. The Morgan fingerprint density at radius 2 is 2.21 bits per heavy atom. The molecule has 126 valence electrons. The number of benzene rings is 1. The summed E-state index contributed by atoms with van der Waals surface area (Å²) >= 11 is 0. The van der Waals surface area contributed by atoms with E-state index in [0.717, 1.165) is 16.6 Å². The maximum atomic E-state index is 11.6. The van der Waals surface area contributed by atoms with Gasteiger partial charge in [-0.25, -0.2) is 9.78 Å². The van der Waals surface area contributed by atoms with Crippen molar-refractivity contribution in [3.8, 4) is 0 Å². The molecule has 1 aromatic carbocycles. The van der Waals surface area contributed by atoms with Gasteiger partial charge in [-0.05, 0) is 37.6 Å². The van der Waals surface area contributed by atoms with Crippen molar-refractivity contribution in [1.29, 1.82) is 0 Å². The van der Waals surface area contributed by atoms with Gasteiger partial charge in [0.1, 0.15) is 0 Å². The fourth-order valence-corrected chi connectivity index (χ4v) is 2.56. The SMILES string of the molecule is CCNC(=O)Nc1nc2ccc(C3C=CC(OCC)N=C3)cc2[nH]1. The number of carbonyl (C=O) groups excluding carboxylic acids is 1. The number of urea groups is 1. The fraction of sp³-hybridized carbons (Fsp3) is 0.353. The number of aliphatic imine (C=N–C) groups is 1. The topological polar surface area (TPSA) is 91.4 Å². The predicted octanol–water partition coefficient (Wildman–Crippen LogP) is 2.79. The van der Waals surface area contributed by atoms with E-state index in [-0.39, 0.29) is 18.2 Å². The molecule has 0 radical (unpaired) electrons. The number of amides is 2. The van der Waals surface area contributed by atoms with Crippen molar-refractivity contribution < 1.29 is 9.53 Å². The van der Waals surface area contributed by atoms with Gasteiger partial charge < -0.3 is 15.0 Å². The van der Waals surface area contributed by atoms with Crippen LogP contribution in [0.2, 0.25) is 0 Å². The van der Waals surface area contributed by atoms with Gasteiger partial charge in [-0.2, -0.15) is 0 Å². The van der Waals surface area contributed by atoms with Gasteiger partial charge in [-0.15, -0.1) is 0 Å². The largest absolute Gasteiger partial charge is 0.353 e. The van der Waals surface area contributed by atoms with Gasteiger partial charge in [-0.1, -0.05) is 12.1 Å². The van der Waals surface area contributed by atoms with Gasteiger partial charge in [0.25, 0.3) is 0 Å². The van der Waals surface area contributed by atoms with Crippen LogP contribution >= 0.6 is 0 Å². The van der Waals surface area contributed by atoms with Crippen LogP contribution in [0, 0.1) is 0 Å². The van der Waals surface area contributed by atoms with Gasteiger partial charge in [0.2, 0.25) is 5.95 Å². The summed E-state index contributed by atoms with van der Waals surface area (Å²) in [4.78, 5) is 23.4. The molecule has 2 amide bonds. The second-order valence-electron chi connectivity index (χ2n) is 5.40. The van der Waals surface area contributed by atoms with Crippen LogP contribution in [0.25, 0.3) is 11.0 Å². The van der Waals surface area contributed by atoms with Crippen LogP contribution in [0.4, 0.5) is 10.7 Å². The standard InChI is InChI=1S/C17H21N5O2/c1-3-18-17(23)22-16-20-13-7-5-11(9-14(13)21-16)12-6-8-15(19-10-12)24-4-2/h5-10,12,15H,3-4H2,1-2H3,(H3,18,20,21,22,23). The van der Waals surface area contributed by atoms with E-state index < -0.39 is 0 Å². The first-order valence-corrected chi connectivity index (χ1v) is 8.07. The lowest BCUT2D eigenvalue weighted by Gasteiger charge is -2.16. The number of nitrogens with zero attached hydrogens (tertiary/aromatic N) is 2. The highest BCUT2D eigenvalue weighted by molar-refractivity contribution is 5.90. The van der Waals surface area contributed by atoms with E-state index >= 15 is 0 Å². The van der Waals surface area contributed by atoms with E-state index in [0.29, 0.717) is 19.1 Å². The third kappa shape index (κ3) is 3.62. The Balaban J connectivity index is 1.76. The number of fused-ring (bicyclic) bond motifs is 1. The number of ether oxygens (including phenoxy) is 1. The fourth-order valence-electron chi connectivity index (χ4n) is 2.56. The zero-order chi connectivity index (χ0) is 16.9. The molecule has 1 aliphatic heterocycles. The third-order valence-corrected chi connectivity index (χ3v) is 3.67. The number of carbonyl (C=O) groups is 1. The molecule has 7 nitrogen and oxygen atoms in total. The van der Waals surface area contributed by atoms with Gasteiger partial charge in [0.05, 0.1) is 11.0 Å². The van der Waals surface area contributed by atoms with Crippen molar-refractivity contribution >= 4 is 29.2 Å². The lowest BCUT2D eigenvalue weighted by molar-refractivity contribution is 0.102. The molecule has 0 fully saturated rings. The first kappa shape index (κ1) is 16.2. The lowest BCUT2D eigenvalue weighted by atomic mass is 9.98. The highest BCUT2D eigenvalue weighted by Crippen LogP contribution is 2.24. The minimum atomic E-state index is -0.277. The highest BCUT2D eigenvalue weighted by atomic mass is 16.5. The van der Waals surface area contributed by atoms with Crippen molar-refractivity contribution in [3.63, 3.8) is 0 Å². The van der Waals surface area contributed by atoms with Crippen molar-refractivity contribution in [2.75, 3.05) is 18.5 Å². The lowest BCUT2D eigenvalue weighted by Crippen LogP contribution is -2.28. The number of hydrogen-bond acceptors (Lipinski definition) is 4. The Labute approximate surface area is 140 Å². The molecule has 2 unspecified atom stereocenters. The van der Waals surface area contributed by atoms with E-state index in [9.17, 15) is 4.79 Å². The molecular formula is C17H21N5O2. The van der Waals surface area contributed by atoms with Crippen molar-refractivity contribution in [1.82, 2.24) is 15.3 Å². The summed E-state index contributed by atoms with van der Waals surface area (Å²) < 4.78 is 5.45. The molecule has 7 heteroatoms. The quantitative estimate of drug-likeness (QED) is 0.737. The maximum Gasteiger partial charge on any atom is 0.321 e. The van der Waals surface area contributed by atoms with Crippen LogP contribution in [0.15, 0.2) is 35.3 Å². The smallest absolute Gasteiger partial charge is 0.321 e. The molecular weight excluding hydrogens is 306 g/mol. The summed E-state index contributed by atoms with van der Waals surface area (Å²) in [5.41, 5.74) is 2.77. The minimum absolute atomic E-state index is 0.106. The molecule has 2 aromatic rings. The van der Waals surface area contributed by atoms with E-state index in [1.54, 1.807) is 0 Å². The van der Waals surface area contributed by atoms with Crippen LogP contribution in [-0.4, -0.2) is 41.6 Å². The molecule has 2 atom stereocenters. The monoisotopic (exact) mass is 327 g/mol. The molecule has 1 aromatic heterocycles. The van der Waals surface area contributed by atoms with Crippen LogP contribution < -0.4 is 10.6 Å². The zero-order valence-electron chi connectivity index (χ0n) is 13.7. The summed E-state index contributed by atoms with van der Waals surface area (Å²) in [7, 11) is 0. The second-order valence-corrected chi connectivity index (χ2v) is 5.40. The molecule has 1 aliphatic rings. The van der Waals surface area contributed by atoms with E-state index in [4.69, 9.17) is 4.74 Å². The van der Waals surface area contributed by atoms with Gasteiger partial charge >= 0.3 is 6.03 Å². The number of allylic oxidation sites excluding steroid dienone is 1. The van der Waals surface area contributed by atoms with Crippen LogP contribution in [-0.2, 0) is 4.74 Å². The average Bonchev–Trinajstić information content (AvgIpc) is 2.97. The van der Waals surface area contributed by atoms with E-state index in [1.807, 2.05) is 44.3 Å². The number of aromatic nitrogens is 2. The number of rotatable bonds is 5. The molecule has 3 N–H and O–H groups in total. The summed E-state index contributed by atoms with van der Waals surface area (Å²) in [6.07, 6.45) is 5.76. The number of aromatic amines is 1. The first-order chi connectivity index (χ1) is 11.7. The van der Waals surface area contributed by atoms with Crippen molar-refractivity contribution in [2.24, 2.45) is 4.99 Å². The number of hydrogen-bond donors (Lipinski definition) is 3. The molecule has 24 heavy (non-hydrogen) atoms. The summed E-state index contributed by atoms with van der Waals surface area (Å²) in [6, 6.07) is 5.69. The molecule has 3 rings (SSSR count). The highest BCUT2D eigenvalue weighted by Gasteiger charge is 2.14. The van der Waals surface area contributed by atoms with Gasteiger partial charge in [0, 0.05) is 25.3 Å². The molecule has 0 saturated carbocycles. The van der Waals surface area contributed by atoms with Crippen molar-refractivity contribution in [3.05, 3.63) is 35.9 Å². The molecule has 0 bridgehead atoms. The molecule has 0 spiro atoms. The summed E-state index contributed by atoms with van der Waals surface area (Å²) in [5, 5.41) is 5.34. The number of H-pyrrole nitrogens is 1.